The molecule has 1 amide bonds. The number of aryl methyl sites for hydroxylation is 2. The lowest BCUT2D eigenvalue weighted by atomic mass is 10.0. The zero-order valence-corrected chi connectivity index (χ0v) is 14.4. The lowest BCUT2D eigenvalue weighted by molar-refractivity contribution is -0.116. The summed E-state index contributed by atoms with van der Waals surface area (Å²) in [6.07, 6.45) is 0.412. The third kappa shape index (κ3) is 2.91. The number of rotatable bonds is 2. The van der Waals surface area contributed by atoms with E-state index in [4.69, 9.17) is 0 Å². The van der Waals surface area contributed by atoms with E-state index in [1.165, 1.54) is 11.4 Å². The summed E-state index contributed by atoms with van der Waals surface area (Å²) < 4.78 is 2.23. The van der Waals surface area contributed by atoms with Crippen LogP contribution in [0, 0.1) is 13.8 Å². The Balaban J connectivity index is 1.65. The summed E-state index contributed by atoms with van der Waals surface area (Å²) in [5, 5.41) is 6.46. The monoisotopic (exact) mass is 331 g/mol. The van der Waals surface area contributed by atoms with E-state index in [0.717, 1.165) is 22.6 Å². The molecule has 3 aromatic rings. The summed E-state index contributed by atoms with van der Waals surface area (Å²) in [5.74, 6) is 0.0311. The average molecular weight is 331 g/mol. The number of fused-ring (bicyclic) bond motifs is 1. The van der Waals surface area contributed by atoms with Gasteiger partial charge in [-0.1, -0.05) is 24.3 Å². The molecule has 0 aliphatic carbocycles. The quantitative estimate of drug-likeness (QED) is 0.721. The van der Waals surface area contributed by atoms with Gasteiger partial charge in [0.1, 0.15) is 0 Å². The van der Waals surface area contributed by atoms with E-state index in [2.05, 4.69) is 65.4 Å². The molecule has 0 radical (unpaired) electrons. The van der Waals surface area contributed by atoms with Gasteiger partial charge in [0.05, 0.1) is 23.8 Å². The Morgan fingerprint density at radius 3 is 2.20 bits per heavy atom. The highest BCUT2D eigenvalue weighted by molar-refractivity contribution is 5.96. The second-order valence-corrected chi connectivity index (χ2v) is 6.54. The molecular formula is C21H21N3O. The van der Waals surface area contributed by atoms with E-state index in [1.54, 1.807) is 0 Å². The number of anilines is 2. The van der Waals surface area contributed by atoms with Gasteiger partial charge >= 0.3 is 0 Å². The van der Waals surface area contributed by atoms with Crippen molar-refractivity contribution in [3.05, 3.63) is 77.6 Å². The number of hydrogen-bond donors (Lipinski definition) is 2. The molecule has 1 aliphatic rings. The van der Waals surface area contributed by atoms with E-state index in [1.807, 2.05) is 24.3 Å². The van der Waals surface area contributed by atoms with E-state index in [0.29, 0.717) is 6.42 Å². The summed E-state index contributed by atoms with van der Waals surface area (Å²) in [6, 6.07) is 20.5. The van der Waals surface area contributed by atoms with E-state index >= 15 is 0 Å². The number of benzene rings is 2. The van der Waals surface area contributed by atoms with E-state index in [9.17, 15) is 4.79 Å². The Morgan fingerprint density at radius 1 is 0.880 bits per heavy atom. The Labute approximate surface area is 147 Å². The van der Waals surface area contributed by atoms with Crippen LogP contribution >= 0.6 is 0 Å². The highest BCUT2D eigenvalue weighted by Gasteiger charge is 2.21. The maximum absolute atomic E-state index is 12.2. The molecule has 2 N–H and O–H groups in total. The van der Waals surface area contributed by atoms with Crippen molar-refractivity contribution < 1.29 is 4.79 Å². The molecular weight excluding hydrogens is 310 g/mol. The molecule has 126 valence electrons. The fraction of sp³-hybridized carbons (Fsp3) is 0.190. The molecule has 1 aromatic heterocycles. The normalized spacial score (nSPS) is 16.6. The standard InChI is InChI=1S/C21H21N3O/c1-14-7-8-15(2)24(14)17-11-9-16(10-12-17)20-13-21(25)23-19-6-4-3-5-18(19)22-20/h3-12,20,22H,13H2,1-2H3,(H,23,25). The van der Waals surface area contributed by atoms with Gasteiger partial charge in [0.15, 0.2) is 0 Å². The topological polar surface area (TPSA) is 46.1 Å². The van der Waals surface area contributed by atoms with Crippen LogP contribution in [0.1, 0.15) is 29.4 Å². The van der Waals surface area contributed by atoms with Gasteiger partial charge in [-0.25, -0.2) is 0 Å². The third-order valence-corrected chi connectivity index (χ3v) is 4.75. The van der Waals surface area contributed by atoms with Gasteiger partial charge in [-0.05, 0) is 55.8 Å². The molecule has 4 rings (SSSR count). The summed E-state index contributed by atoms with van der Waals surface area (Å²) in [4.78, 5) is 12.2. The fourth-order valence-electron chi connectivity index (χ4n) is 3.48. The predicted molar refractivity (Wildman–Crippen MR) is 101 cm³/mol. The van der Waals surface area contributed by atoms with Gasteiger partial charge in [-0.2, -0.15) is 0 Å². The maximum atomic E-state index is 12.2. The van der Waals surface area contributed by atoms with Gasteiger partial charge in [-0.3, -0.25) is 4.79 Å². The first kappa shape index (κ1) is 15.5. The smallest absolute Gasteiger partial charge is 0.226 e. The Kier molecular flexibility index (Phi) is 3.80. The largest absolute Gasteiger partial charge is 0.376 e. The summed E-state index contributed by atoms with van der Waals surface area (Å²) >= 11 is 0. The van der Waals surface area contributed by atoms with Crippen molar-refractivity contribution in [3.8, 4) is 5.69 Å². The predicted octanol–water partition coefficient (Wildman–Crippen LogP) is 4.59. The van der Waals surface area contributed by atoms with Gasteiger partial charge in [0.25, 0.3) is 0 Å². The number of para-hydroxylation sites is 2. The van der Waals surface area contributed by atoms with Gasteiger partial charge in [0.2, 0.25) is 5.91 Å². The molecule has 0 saturated carbocycles. The molecule has 1 atom stereocenters. The van der Waals surface area contributed by atoms with Crippen molar-refractivity contribution in [1.29, 1.82) is 0 Å². The molecule has 1 aliphatic heterocycles. The Morgan fingerprint density at radius 2 is 1.52 bits per heavy atom. The number of nitrogens with zero attached hydrogens (tertiary/aromatic N) is 1. The highest BCUT2D eigenvalue weighted by atomic mass is 16.1. The van der Waals surface area contributed by atoms with Crippen molar-refractivity contribution in [2.24, 2.45) is 0 Å². The number of aromatic nitrogens is 1. The molecule has 2 aromatic carbocycles. The lowest BCUT2D eigenvalue weighted by Crippen LogP contribution is -2.15. The van der Waals surface area contributed by atoms with Crippen molar-refractivity contribution in [1.82, 2.24) is 4.57 Å². The van der Waals surface area contributed by atoms with Gasteiger partial charge < -0.3 is 15.2 Å². The summed E-state index contributed by atoms with van der Waals surface area (Å²) in [5.41, 5.74) is 6.47. The van der Waals surface area contributed by atoms with Crippen molar-refractivity contribution >= 4 is 17.3 Å². The molecule has 0 fully saturated rings. The van der Waals surface area contributed by atoms with Crippen LogP contribution in [0.5, 0.6) is 0 Å². The van der Waals surface area contributed by atoms with Crippen LogP contribution in [0.25, 0.3) is 5.69 Å². The van der Waals surface area contributed by atoms with Crippen LogP contribution in [-0.2, 0) is 4.79 Å². The minimum atomic E-state index is -0.0374. The maximum Gasteiger partial charge on any atom is 0.226 e. The zero-order chi connectivity index (χ0) is 17.4. The molecule has 0 saturated heterocycles. The first-order valence-corrected chi connectivity index (χ1v) is 8.52. The number of nitrogens with one attached hydrogen (secondary N) is 2. The van der Waals surface area contributed by atoms with Gasteiger partial charge in [-0.15, -0.1) is 0 Å². The van der Waals surface area contributed by atoms with Crippen molar-refractivity contribution in [2.45, 2.75) is 26.3 Å². The first-order chi connectivity index (χ1) is 12.1. The number of carbonyl (C=O) groups excluding carboxylic acids is 1. The molecule has 2 heterocycles. The lowest BCUT2D eigenvalue weighted by Gasteiger charge is -2.18. The zero-order valence-electron chi connectivity index (χ0n) is 14.4. The van der Waals surface area contributed by atoms with Crippen LogP contribution in [-0.4, -0.2) is 10.5 Å². The number of amides is 1. The minimum absolute atomic E-state index is 0.0311. The second-order valence-electron chi connectivity index (χ2n) is 6.54. The Bertz CT molecular complexity index is 905. The summed E-state index contributed by atoms with van der Waals surface area (Å²) in [6.45, 7) is 4.21. The second kappa shape index (κ2) is 6.13. The van der Waals surface area contributed by atoms with Crippen LogP contribution in [0.3, 0.4) is 0 Å². The summed E-state index contributed by atoms with van der Waals surface area (Å²) in [7, 11) is 0. The van der Waals surface area contributed by atoms with Crippen LogP contribution in [0.15, 0.2) is 60.7 Å². The first-order valence-electron chi connectivity index (χ1n) is 8.52. The van der Waals surface area contributed by atoms with Gasteiger partial charge in [0, 0.05) is 17.1 Å². The molecule has 0 bridgehead atoms. The minimum Gasteiger partial charge on any atom is -0.376 e. The van der Waals surface area contributed by atoms with Crippen LogP contribution in [0.2, 0.25) is 0 Å². The average Bonchev–Trinajstić information content (AvgIpc) is 2.84. The van der Waals surface area contributed by atoms with Crippen molar-refractivity contribution in [3.63, 3.8) is 0 Å². The van der Waals surface area contributed by atoms with Crippen molar-refractivity contribution in [2.75, 3.05) is 10.6 Å². The SMILES string of the molecule is Cc1ccc(C)n1-c1ccc(C2CC(=O)Nc3ccccc3N2)cc1. The fourth-order valence-corrected chi connectivity index (χ4v) is 3.48. The van der Waals surface area contributed by atoms with E-state index in [-0.39, 0.29) is 11.9 Å². The number of carbonyl (C=O) groups is 1. The highest BCUT2D eigenvalue weighted by Crippen LogP contribution is 2.32. The number of hydrogen-bond acceptors (Lipinski definition) is 2. The van der Waals surface area contributed by atoms with E-state index < -0.39 is 0 Å². The molecule has 4 heteroatoms. The molecule has 4 nitrogen and oxygen atoms in total. The van der Waals surface area contributed by atoms with Crippen LogP contribution in [0.4, 0.5) is 11.4 Å². The molecule has 25 heavy (non-hydrogen) atoms. The van der Waals surface area contributed by atoms with Crippen LogP contribution < -0.4 is 10.6 Å². The third-order valence-electron chi connectivity index (χ3n) is 4.75. The molecule has 1 unspecified atom stereocenters. The molecule has 0 spiro atoms. The Hall–Kier alpha value is -3.01.